The minimum absolute atomic E-state index is 0.0328. The molecule has 0 aliphatic carbocycles. The van der Waals surface area contributed by atoms with Crippen LogP contribution in [0.25, 0.3) is 0 Å². The van der Waals surface area contributed by atoms with Gasteiger partial charge in [-0.3, -0.25) is 14.2 Å². The molecule has 1 unspecified atom stereocenters. The van der Waals surface area contributed by atoms with Crippen molar-refractivity contribution in [2.24, 2.45) is 0 Å². The summed E-state index contributed by atoms with van der Waals surface area (Å²) in [6.07, 6.45) is 43.0. The fourth-order valence-corrected chi connectivity index (χ4v) is 6.75. The van der Waals surface area contributed by atoms with Crippen molar-refractivity contribution in [1.29, 1.82) is 0 Å². The molecule has 0 heterocycles. The summed E-state index contributed by atoms with van der Waals surface area (Å²) in [7, 11) is 1.16. The Hall–Kier alpha value is -1.77. The molecular weight excluding hydrogens is 725 g/mol. The average molecular weight is 812 g/mol. The maximum absolute atomic E-state index is 12.7. The van der Waals surface area contributed by atoms with Gasteiger partial charge in [0, 0.05) is 12.8 Å². The average Bonchev–Trinajstić information content (AvgIpc) is 3.15. The number of rotatable bonds is 41. The van der Waals surface area contributed by atoms with Crippen LogP contribution >= 0.6 is 7.82 Å². The summed E-state index contributed by atoms with van der Waals surface area (Å²) >= 11 is 0. The highest BCUT2D eigenvalue weighted by Gasteiger charge is 2.21. The lowest BCUT2D eigenvalue weighted by Gasteiger charge is -2.28. The van der Waals surface area contributed by atoms with Crippen molar-refractivity contribution in [1.82, 2.24) is 0 Å². The van der Waals surface area contributed by atoms with Gasteiger partial charge in [0.1, 0.15) is 19.8 Å². The lowest BCUT2D eigenvalue weighted by molar-refractivity contribution is -0.870. The fourth-order valence-electron chi connectivity index (χ4n) is 6.02. The third-order valence-corrected chi connectivity index (χ3v) is 10.6. The first-order valence-corrected chi connectivity index (χ1v) is 24.2. The minimum atomic E-state index is -4.63. The number of unbranched alkanes of at least 4 members (excludes halogenated alkanes) is 21. The lowest BCUT2D eigenvalue weighted by atomic mass is 10.1. The Bertz CT molecular complexity index is 1050. The van der Waals surface area contributed by atoms with Crippen molar-refractivity contribution >= 4 is 19.8 Å². The molecule has 0 spiro atoms. The Kier molecular flexibility index (Phi) is 37.5. The number of likely N-dealkylation sites (N-methyl/N-ethyl adjacent to an activating group) is 1. The van der Waals surface area contributed by atoms with Gasteiger partial charge in [-0.25, -0.2) is 0 Å². The second-order valence-corrected chi connectivity index (χ2v) is 17.8. The van der Waals surface area contributed by atoms with Crippen molar-refractivity contribution in [2.75, 3.05) is 47.5 Å². The normalized spacial score (nSPS) is 13.9. The first kappa shape index (κ1) is 54.2. The van der Waals surface area contributed by atoms with Crippen molar-refractivity contribution in [3.8, 4) is 0 Å². The number of hydrogen-bond donors (Lipinski definition) is 0. The molecule has 0 saturated carbocycles. The maximum Gasteiger partial charge on any atom is 0.306 e. The molecule has 0 amide bonds. The monoisotopic (exact) mass is 812 g/mol. The SMILES string of the molecule is CCCC/C=C/CCCCCCCCCCCC(=O)OC[C@H](COP(=O)([O-])OCC[N+](C)(C)C)OC(=O)CCCCCCCCC/C=C/C/C=C/CCCCC. The Balaban J connectivity index is 4.35. The molecule has 0 aliphatic rings. The van der Waals surface area contributed by atoms with E-state index in [1.165, 1.54) is 109 Å². The van der Waals surface area contributed by atoms with E-state index in [1.54, 1.807) is 0 Å². The summed E-state index contributed by atoms with van der Waals surface area (Å²) < 4.78 is 33.9. The van der Waals surface area contributed by atoms with Gasteiger partial charge in [-0.2, -0.15) is 0 Å². The summed E-state index contributed by atoms with van der Waals surface area (Å²) in [6, 6.07) is 0. The summed E-state index contributed by atoms with van der Waals surface area (Å²) in [4.78, 5) is 37.6. The van der Waals surface area contributed by atoms with Crippen LogP contribution in [0, 0.1) is 0 Å². The van der Waals surface area contributed by atoms with Crippen molar-refractivity contribution in [3.63, 3.8) is 0 Å². The quantitative estimate of drug-likeness (QED) is 0.0197. The molecule has 0 aromatic rings. The number of ether oxygens (including phenoxy) is 2. The van der Waals surface area contributed by atoms with Gasteiger partial charge in [-0.15, -0.1) is 0 Å². The number of phosphoric ester groups is 1. The van der Waals surface area contributed by atoms with Crippen LogP contribution in [0.15, 0.2) is 36.5 Å². The van der Waals surface area contributed by atoms with Gasteiger partial charge >= 0.3 is 11.9 Å². The maximum atomic E-state index is 12.7. The summed E-state index contributed by atoms with van der Waals surface area (Å²) in [5, 5.41) is 0. The van der Waals surface area contributed by atoms with Crippen LogP contribution in [0.4, 0.5) is 0 Å². The molecule has 0 aromatic carbocycles. The van der Waals surface area contributed by atoms with Gasteiger partial charge in [-0.1, -0.05) is 153 Å². The standard InChI is InChI=1S/C46H86NO8P/c1-6-8-10-12-14-16-18-20-22-23-25-27-29-31-33-35-37-39-46(49)55-44(43-54-56(50,51)53-41-40-47(3,4)5)42-52-45(48)38-36-34-32-30-28-26-24-21-19-17-15-13-11-9-7-2/h13-16,20,22,44H,6-12,17-19,21,23-43H2,1-5H3/b15-13+,16-14+,22-20+/t44-/m1/s1. The van der Waals surface area contributed by atoms with E-state index in [1.807, 2.05) is 21.1 Å². The first-order valence-electron chi connectivity index (χ1n) is 22.7. The second kappa shape index (κ2) is 38.7. The molecule has 0 aliphatic heterocycles. The highest BCUT2D eigenvalue weighted by molar-refractivity contribution is 7.45. The minimum Gasteiger partial charge on any atom is -0.756 e. The van der Waals surface area contributed by atoms with Crippen molar-refractivity contribution in [2.45, 2.75) is 200 Å². The fraction of sp³-hybridized carbons (Fsp3) is 0.826. The third-order valence-electron chi connectivity index (χ3n) is 9.63. The molecule has 0 fully saturated rings. The topological polar surface area (TPSA) is 111 Å². The van der Waals surface area contributed by atoms with Gasteiger partial charge in [0.25, 0.3) is 7.82 Å². The van der Waals surface area contributed by atoms with Crippen LogP contribution in [0.5, 0.6) is 0 Å². The Labute approximate surface area is 344 Å². The smallest absolute Gasteiger partial charge is 0.306 e. The largest absolute Gasteiger partial charge is 0.756 e. The van der Waals surface area contributed by atoms with Crippen LogP contribution < -0.4 is 4.89 Å². The number of phosphoric acid groups is 1. The first-order chi connectivity index (χ1) is 27.0. The molecule has 328 valence electrons. The second-order valence-electron chi connectivity index (χ2n) is 16.4. The Morgan fingerprint density at radius 1 is 0.554 bits per heavy atom. The molecule has 2 atom stereocenters. The molecule has 0 aromatic heterocycles. The van der Waals surface area contributed by atoms with Crippen LogP contribution in [0.2, 0.25) is 0 Å². The molecule has 56 heavy (non-hydrogen) atoms. The van der Waals surface area contributed by atoms with Crippen LogP contribution in [0.1, 0.15) is 194 Å². The molecule has 10 heteroatoms. The van der Waals surface area contributed by atoms with Gasteiger partial charge in [0.15, 0.2) is 6.10 Å². The van der Waals surface area contributed by atoms with Crippen LogP contribution in [-0.4, -0.2) is 70.0 Å². The van der Waals surface area contributed by atoms with E-state index in [9.17, 15) is 19.0 Å². The van der Waals surface area contributed by atoms with Gasteiger partial charge in [-0.05, 0) is 64.2 Å². The number of carbonyl (C=O) groups excluding carboxylic acids is 2. The van der Waals surface area contributed by atoms with Gasteiger partial charge < -0.3 is 27.9 Å². The summed E-state index contributed by atoms with van der Waals surface area (Å²) in [5.74, 6) is -0.844. The number of quaternary nitrogens is 1. The van der Waals surface area contributed by atoms with Gasteiger partial charge in [0.2, 0.25) is 0 Å². The van der Waals surface area contributed by atoms with Crippen molar-refractivity contribution in [3.05, 3.63) is 36.5 Å². The third kappa shape index (κ3) is 41.9. The van der Waals surface area contributed by atoms with Crippen LogP contribution in [-0.2, 0) is 32.7 Å². The van der Waals surface area contributed by atoms with Crippen molar-refractivity contribution < 1.29 is 42.1 Å². The van der Waals surface area contributed by atoms with E-state index in [0.29, 0.717) is 17.4 Å². The highest BCUT2D eigenvalue weighted by Crippen LogP contribution is 2.38. The number of esters is 2. The number of hydrogen-bond acceptors (Lipinski definition) is 8. The van der Waals surface area contributed by atoms with E-state index >= 15 is 0 Å². The highest BCUT2D eigenvalue weighted by atomic mass is 31.2. The molecule has 0 radical (unpaired) electrons. The molecular formula is C46H86NO8P. The number of nitrogens with zero attached hydrogens (tertiary/aromatic N) is 1. The molecule has 0 N–H and O–H groups in total. The Morgan fingerprint density at radius 3 is 1.48 bits per heavy atom. The predicted octanol–water partition coefficient (Wildman–Crippen LogP) is 12.3. The van der Waals surface area contributed by atoms with E-state index in [0.717, 1.165) is 51.4 Å². The number of allylic oxidation sites excluding steroid dienone is 6. The molecule has 0 saturated heterocycles. The zero-order valence-corrected chi connectivity index (χ0v) is 37.7. The predicted molar refractivity (Wildman–Crippen MR) is 231 cm³/mol. The molecule has 0 rings (SSSR count). The van der Waals surface area contributed by atoms with Gasteiger partial charge in [0.05, 0.1) is 27.7 Å². The zero-order valence-electron chi connectivity index (χ0n) is 36.8. The zero-order chi connectivity index (χ0) is 41.4. The lowest BCUT2D eigenvalue weighted by Crippen LogP contribution is -2.37. The summed E-state index contributed by atoms with van der Waals surface area (Å²) in [6.45, 7) is 4.17. The molecule has 0 bridgehead atoms. The van der Waals surface area contributed by atoms with E-state index in [2.05, 4.69) is 50.3 Å². The van der Waals surface area contributed by atoms with Crippen LogP contribution in [0.3, 0.4) is 0 Å². The van der Waals surface area contributed by atoms with E-state index in [-0.39, 0.29) is 32.0 Å². The Morgan fingerprint density at radius 2 is 0.982 bits per heavy atom. The number of carbonyl (C=O) groups is 2. The molecule has 9 nitrogen and oxygen atoms in total. The van der Waals surface area contributed by atoms with E-state index < -0.39 is 26.5 Å². The van der Waals surface area contributed by atoms with E-state index in [4.69, 9.17) is 18.5 Å². The summed E-state index contributed by atoms with van der Waals surface area (Å²) in [5.41, 5.74) is 0.